The van der Waals surface area contributed by atoms with E-state index in [2.05, 4.69) is 25.0 Å². The topological polar surface area (TPSA) is 178 Å². The van der Waals surface area contributed by atoms with Gasteiger partial charge in [0, 0.05) is 6.54 Å². The van der Waals surface area contributed by atoms with Crippen LogP contribution in [0.15, 0.2) is 30.6 Å². The van der Waals surface area contributed by atoms with Gasteiger partial charge in [-0.3, -0.25) is 9.36 Å². The molecule has 3 heterocycles. The molecule has 4 rings (SSSR count). The zero-order chi connectivity index (χ0) is 23.5. The van der Waals surface area contributed by atoms with Gasteiger partial charge in [0.15, 0.2) is 17.7 Å². The average molecular weight is 458 g/mol. The molecule has 0 radical (unpaired) electrons. The molecule has 1 aliphatic heterocycles. The summed E-state index contributed by atoms with van der Waals surface area (Å²) >= 11 is 0. The number of nitrogen functional groups attached to an aromatic ring is 1. The summed E-state index contributed by atoms with van der Waals surface area (Å²) in [5.74, 6) is 0.140. The minimum absolute atomic E-state index is 0.153. The first-order chi connectivity index (χ1) is 15.9. The molecule has 2 unspecified atom stereocenters. The van der Waals surface area contributed by atoms with Crippen molar-refractivity contribution in [3.05, 3.63) is 41.7 Å². The summed E-state index contributed by atoms with van der Waals surface area (Å²) in [6, 6.07) is 7.64. The molecule has 0 spiro atoms. The predicted octanol–water partition coefficient (Wildman–Crippen LogP) is -0.610. The Morgan fingerprint density at radius 2 is 1.94 bits per heavy atom. The monoisotopic (exact) mass is 458 g/mol. The molecule has 1 fully saturated rings. The maximum Gasteiger partial charge on any atom is 0.309 e. The molecule has 6 N–H and O–H groups in total. The summed E-state index contributed by atoms with van der Waals surface area (Å²) in [4.78, 5) is 24.2. The number of carbonyl (C=O) groups excluding carboxylic acids is 1. The fourth-order valence-electron chi connectivity index (χ4n) is 3.69. The van der Waals surface area contributed by atoms with Crippen LogP contribution < -0.4 is 11.1 Å². The number of nitrogens with two attached hydrogens (primary N) is 1. The van der Waals surface area contributed by atoms with Crippen molar-refractivity contribution in [2.75, 3.05) is 31.3 Å². The van der Waals surface area contributed by atoms with Crippen LogP contribution in [0.3, 0.4) is 0 Å². The van der Waals surface area contributed by atoms with Crippen molar-refractivity contribution in [2.24, 2.45) is 0 Å². The van der Waals surface area contributed by atoms with Gasteiger partial charge in [-0.25, -0.2) is 4.98 Å². The average Bonchev–Trinajstić information content (AvgIpc) is 3.36. The molecular formula is C21H26N6O6. The number of hydrogen-bond acceptors (Lipinski definition) is 11. The SMILES string of the molecule is COC(=O)Cc1ccc(CCNc2nc(N)c3ncn([C@@H]4O[C@H](CO)C(O)C4O)c3n2)cc1. The van der Waals surface area contributed by atoms with Crippen molar-refractivity contribution in [1.29, 1.82) is 0 Å². The standard InChI is InChI=1S/C21H26N6O6/c1-32-14(29)8-12-4-2-11(3-5-12)6-7-23-21-25-18(22)15-19(26-21)27(10-24-15)20-17(31)16(30)13(9-28)33-20/h2-5,10,13,16-17,20,28,30-31H,6-9H2,1H3,(H3,22,23,25,26)/t13-,16?,17?,20-/m1/s1. The van der Waals surface area contributed by atoms with E-state index in [1.807, 2.05) is 24.3 Å². The van der Waals surface area contributed by atoms with Crippen molar-refractivity contribution >= 4 is 28.9 Å². The molecule has 1 aliphatic rings. The minimum atomic E-state index is -1.27. The van der Waals surface area contributed by atoms with E-state index in [0.29, 0.717) is 24.1 Å². The van der Waals surface area contributed by atoms with Gasteiger partial charge >= 0.3 is 5.97 Å². The summed E-state index contributed by atoms with van der Waals surface area (Å²) in [5.41, 5.74) is 8.63. The van der Waals surface area contributed by atoms with Gasteiger partial charge < -0.3 is 35.8 Å². The van der Waals surface area contributed by atoms with Crippen LogP contribution in [0.4, 0.5) is 11.8 Å². The van der Waals surface area contributed by atoms with Gasteiger partial charge in [0.25, 0.3) is 0 Å². The third-order valence-electron chi connectivity index (χ3n) is 5.54. The maximum absolute atomic E-state index is 11.4. The Labute approximate surface area is 189 Å². The Bertz CT molecular complexity index is 1120. The number of imidazole rings is 1. The van der Waals surface area contributed by atoms with E-state index in [9.17, 15) is 20.1 Å². The molecule has 0 aliphatic carbocycles. The van der Waals surface area contributed by atoms with Crippen molar-refractivity contribution in [2.45, 2.75) is 37.4 Å². The first kappa shape index (κ1) is 22.9. The van der Waals surface area contributed by atoms with Crippen molar-refractivity contribution in [3.8, 4) is 0 Å². The molecule has 3 aromatic rings. The number of ether oxygens (including phenoxy) is 2. The largest absolute Gasteiger partial charge is 0.469 e. The smallest absolute Gasteiger partial charge is 0.309 e. The molecule has 176 valence electrons. The molecule has 2 aromatic heterocycles. The number of esters is 1. The van der Waals surface area contributed by atoms with Gasteiger partial charge in [0.1, 0.15) is 23.8 Å². The van der Waals surface area contributed by atoms with Gasteiger partial charge in [-0.2, -0.15) is 9.97 Å². The first-order valence-electron chi connectivity index (χ1n) is 10.4. The molecule has 0 saturated carbocycles. The van der Waals surface area contributed by atoms with Crippen LogP contribution in [0.25, 0.3) is 11.2 Å². The number of aromatic nitrogens is 4. The molecule has 1 aromatic carbocycles. The van der Waals surface area contributed by atoms with Crippen LogP contribution in [0.1, 0.15) is 17.4 Å². The lowest BCUT2D eigenvalue weighted by Crippen LogP contribution is -2.33. The van der Waals surface area contributed by atoms with Crippen molar-refractivity contribution < 1.29 is 29.6 Å². The normalized spacial score (nSPS) is 22.5. The Balaban J connectivity index is 1.45. The lowest BCUT2D eigenvalue weighted by Gasteiger charge is -2.16. The number of rotatable bonds is 8. The van der Waals surface area contributed by atoms with E-state index in [1.54, 1.807) is 0 Å². The number of anilines is 2. The quantitative estimate of drug-likeness (QED) is 0.272. The van der Waals surface area contributed by atoms with Crippen LogP contribution in [-0.4, -0.2) is 79.4 Å². The predicted molar refractivity (Wildman–Crippen MR) is 117 cm³/mol. The van der Waals surface area contributed by atoms with Crippen LogP contribution >= 0.6 is 0 Å². The number of nitrogens with zero attached hydrogens (tertiary/aromatic N) is 4. The van der Waals surface area contributed by atoms with Crippen LogP contribution in [0.5, 0.6) is 0 Å². The zero-order valence-corrected chi connectivity index (χ0v) is 18.0. The molecule has 0 amide bonds. The minimum Gasteiger partial charge on any atom is -0.469 e. The van der Waals surface area contributed by atoms with Crippen molar-refractivity contribution in [3.63, 3.8) is 0 Å². The summed E-state index contributed by atoms with van der Waals surface area (Å²) in [5, 5.41) is 32.8. The van der Waals surface area contributed by atoms with Gasteiger partial charge in [-0.05, 0) is 17.5 Å². The summed E-state index contributed by atoms with van der Waals surface area (Å²) in [7, 11) is 1.36. The van der Waals surface area contributed by atoms with Gasteiger partial charge in [0.05, 0.1) is 26.5 Å². The second-order valence-electron chi connectivity index (χ2n) is 7.73. The molecule has 12 heteroatoms. The first-order valence-corrected chi connectivity index (χ1v) is 10.4. The summed E-state index contributed by atoms with van der Waals surface area (Å²) < 4.78 is 11.7. The third-order valence-corrected chi connectivity index (χ3v) is 5.54. The Hall–Kier alpha value is -3.32. The zero-order valence-electron chi connectivity index (χ0n) is 18.0. The van der Waals surface area contributed by atoms with E-state index < -0.39 is 31.1 Å². The lowest BCUT2D eigenvalue weighted by molar-refractivity contribution is -0.139. The van der Waals surface area contributed by atoms with E-state index in [1.165, 1.54) is 18.0 Å². The second-order valence-corrected chi connectivity index (χ2v) is 7.73. The second kappa shape index (κ2) is 9.67. The number of nitrogens with one attached hydrogen (secondary N) is 1. The van der Waals surface area contributed by atoms with Gasteiger partial charge in [-0.15, -0.1) is 0 Å². The van der Waals surface area contributed by atoms with E-state index >= 15 is 0 Å². The number of methoxy groups -OCH3 is 1. The highest BCUT2D eigenvalue weighted by Gasteiger charge is 2.44. The molecule has 33 heavy (non-hydrogen) atoms. The molecule has 4 atom stereocenters. The van der Waals surface area contributed by atoms with E-state index in [0.717, 1.165) is 11.1 Å². The van der Waals surface area contributed by atoms with Crippen LogP contribution in [-0.2, 0) is 27.1 Å². The molecular weight excluding hydrogens is 432 g/mol. The van der Waals surface area contributed by atoms with Crippen LogP contribution in [0.2, 0.25) is 0 Å². The number of carbonyl (C=O) groups is 1. The number of aliphatic hydroxyl groups excluding tert-OH is 3. The highest BCUT2D eigenvalue weighted by atomic mass is 16.6. The Kier molecular flexibility index (Phi) is 6.70. The molecule has 12 nitrogen and oxygen atoms in total. The van der Waals surface area contributed by atoms with E-state index in [4.69, 9.17) is 10.5 Å². The lowest BCUT2D eigenvalue weighted by atomic mass is 10.1. The van der Waals surface area contributed by atoms with Gasteiger partial charge in [-0.1, -0.05) is 24.3 Å². The third kappa shape index (κ3) is 4.73. The van der Waals surface area contributed by atoms with E-state index in [-0.39, 0.29) is 24.2 Å². The number of aliphatic hydroxyl groups is 3. The summed E-state index contributed by atoms with van der Waals surface area (Å²) in [6.07, 6.45) is -2.11. The molecule has 0 bridgehead atoms. The fourth-order valence-corrected chi connectivity index (χ4v) is 3.69. The summed E-state index contributed by atoms with van der Waals surface area (Å²) in [6.45, 7) is 0.0816. The highest BCUT2D eigenvalue weighted by molar-refractivity contribution is 5.83. The number of hydrogen-bond donors (Lipinski definition) is 5. The Morgan fingerprint density at radius 3 is 2.61 bits per heavy atom. The maximum atomic E-state index is 11.4. The van der Waals surface area contributed by atoms with Crippen LogP contribution in [0, 0.1) is 0 Å². The highest BCUT2D eigenvalue weighted by Crippen LogP contribution is 2.32. The fraction of sp³-hybridized carbons (Fsp3) is 0.429. The number of benzene rings is 1. The Morgan fingerprint density at radius 1 is 1.21 bits per heavy atom. The number of fused-ring (bicyclic) bond motifs is 1. The van der Waals surface area contributed by atoms with Crippen molar-refractivity contribution in [1.82, 2.24) is 19.5 Å². The van der Waals surface area contributed by atoms with Gasteiger partial charge in [0.2, 0.25) is 5.95 Å². The molecule has 1 saturated heterocycles.